The topological polar surface area (TPSA) is 70.2 Å². The van der Waals surface area contributed by atoms with Gasteiger partial charge in [-0.1, -0.05) is 22.9 Å². The standard InChI is InChI=1S/C16H22BrN3O2.ClH/c1-11-6-8-18-10-14(11)20-15(21)7-9-19-16(22)12-2-4-13(17)5-3-12;/h2-5,11,14,18H,6-10H2,1H3,(H,19,22)(H,20,21);1H. The summed E-state index contributed by atoms with van der Waals surface area (Å²) in [6, 6.07) is 7.31. The summed E-state index contributed by atoms with van der Waals surface area (Å²) in [5, 5.41) is 9.08. The first-order valence-electron chi connectivity index (χ1n) is 7.60. The Morgan fingerprint density at radius 2 is 2.00 bits per heavy atom. The summed E-state index contributed by atoms with van der Waals surface area (Å²) in [7, 11) is 0. The van der Waals surface area contributed by atoms with Crippen LogP contribution in [-0.4, -0.2) is 37.5 Å². The van der Waals surface area contributed by atoms with Crippen molar-refractivity contribution in [2.45, 2.75) is 25.8 Å². The van der Waals surface area contributed by atoms with Crippen molar-refractivity contribution in [3.8, 4) is 0 Å². The highest BCUT2D eigenvalue weighted by Gasteiger charge is 2.22. The Hall–Kier alpha value is -1.11. The van der Waals surface area contributed by atoms with E-state index in [1.54, 1.807) is 12.1 Å². The lowest BCUT2D eigenvalue weighted by molar-refractivity contribution is -0.122. The van der Waals surface area contributed by atoms with Crippen LogP contribution in [0, 0.1) is 5.92 Å². The number of carbonyl (C=O) groups excluding carboxylic acids is 2. The first-order valence-corrected chi connectivity index (χ1v) is 8.39. The number of hydrogen-bond acceptors (Lipinski definition) is 3. The molecule has 1 aromatic carbocycles. The van der Waals surface area contributed by atoms with Crippen LogP contribution in [-0.2, 0) is 4.79 Å². The second-order valence-electron chi connectivity index (χ2n) is 5.66. The third-order valence-electron chi connectivity index (χ3n) is 3.92. The van der Waals surface area contributed by atoms with Crippen molar-refractivity contribution in [3.05, 3.63) is 34.3 Å². The lowest BCUT2D eigenvalue weighted by Crippen LogP contribution is -2.50. The van der Waals surface area contributed by atoms with E-state index in [1.165, 1.54) is 0 Å². The second-order valence-corrected chi connectivity index (χ2v) is 6.57. The fourth-order valence-corrected chi connectivity index (χ4v) is 2.72. The van der Waals surface area contributed by atoms with E-state index in [1.807, 2.05) is 12.1 Å². The molecule has 2 rings (SSSR count). The summed E-state index contributed by atoms with van der Waals surface area (Å²) in [5.41, 5.74) is 0.591. The second kappa shape index (κ2) is 9.90. The van der Waals surface area contributed by atoms with Crippen molar-refractivity contribution in [2.75, 3.05) is 19.6 Å². The molecule has 0 aromatic heterocycles. The van der Waals surface area contributed by atoms with Crippen LogP contribution in [0.15, 0.2) is 28.7 Å². The van der Waals surface area contributed by atoms with Gasteiger partial charge in [0.1, 0.15) is 0 Å². The number of benzene rings is 1. The van der Waals surface area contributed by atoms with Gasteiger partial charge in [-0.15, -0.1) is 12.4 Å². The highest BCUT2D eigenvalue weighted by molar-refractivity contribution is 9.10. The quantitative estimate of drug-likeness (QED) is 0.704. The van der Waals surface area contributed by atoms with Crippen molar-refractivity contribution in [1.82, 2.24) is 16.0 Å². The van der Waals surface area contributed by atoms with Crippen molar-refractivity contribution in [1.29, 1.82) is 0 Å². The van der Waals surface area contributed by atoms with Gasteiger partial charge < -0.3 is 16.0 Å². The number of halogens is 2. The predicted octanol–water partition coefficient (Wildman–Crippen LogP) is 2.10. The number of nitrogens with one attached hydrogen (secondary N) is 3. The van der Waals surface area contributed by atoms with Gasteiger partial charge in [-0.05, 0) is 43.1 Å². The molecule has 1 aliphatic heterocycles. The number of amides is 2. The van der Waals surface area contributed by atoms with Gasteiger partial charge in [0.15, 0.2) is 0 Å². The lowest BCUT2D eigenvalue weighted by atomic mass is 9.95. The van der Waals surface area contributed by atoms with E-state index in [9.17, 15) is 9.59 Å². The van der Waals surface area contributed by atoms with Gasteiger partial charge in [-0.25, -0.2) is 0 Å². The van der Waals surface area contributed by atoms with Crippen molar-refractivity contribution in [2.24, 2.45) is 5.92 Å². The van der Waals surface area contributed by atoms with E-state index in [4.69, 9.17) is 0 Å². The van der Waals surface area contributed by atoms with E-state index in [-0.39, 0.29) is 30.3 Å². The van der Waals surface area contributed by atoms with Crippen molar-refractivity contribution < 1.29 is 9.59 Å². The largest absolute Gasteiger partial charge is 0.352 e. The molecule has 0 aliphatic carbocycles. The molecular formula is C16H23BrClN3O2. The van der Waals surface area contributed by atoms with E-state index >= 15 is 0 Å². The molecule has 0 saturated carbocycles. The zero-order valence-corrected chi connectivity index (χ0v) is 15.5. The molecule has 1 saturated heterocycles. The highest BCUT2D eigenvalue weighted by Crippen LogP contribution is 2.11. The first-order chi connectivity index (χ1) is 10.6. The molecule has 3 N–H and O–H groups in total. The number of piperidine rings is 1. The third-order valence-corrected chi connectivity index (χ3v) is 4.45. The van der Waals surface area contributed by atoms with Crippen LogP contribution in [0.1, 0.15) is 30.1 Å². The first kappa shape index (κ1) is 19.9. The van der Waals surface area contributed by atoms with Crippen LogP contribution in [0.2, 0.25) is 0 Å². The molecule has 1 fully saturated rings. The van der Waals surface area contributed by atoms with E-state index in [0.29, 0.717) is 24.4 Å². The van der Waals surface area contributed by atoms with Crippen LogP contribution in [0.4, 0.5) is 0 Å². The van der Waals surface area contributed by atoms with Gasteiger partial charge >= 0.3 is 0 Å². The molecule has 1 aliphatic rings. The molecular weight excluding hydrogens is 382 g/mol. The fourth-order valence-electron chi connectivity index (χ4n) is 2.45. The highest BCUT2D eigenvalue weighted by atomic mass is 79.9. The summed E-state index contributed by atoms with van der Waals surface area (Å²) in [5.74, 6) is 0.312. The minimum Gasteiger partial charge on any atom is -0.352 e. The molecule has 128 valence electrons. The van der Waals surface area contributed by atoms with Crippen LogP contribution in [0.5, 0.6) is 0 Å². The molecule has 0 bridgehead atoms. The number of hydrogen-bond donors (Lipinski definition) is 3. The van der Waals surface area contributed by atoms with Gasteiger partial charge in [-0.2, -0.15) is 0 Å². The molecule has 2 amide bonds. The summed E-state index contributed by atoms with van der Waals surface area (Å²) >= 11 is 3.33. The molecule has 2 unspecified atom stereocenters. The average Bonchev–Trinajstić information content (AvgIpc) is 2.50. The third kappa shape index (κ3) is 6.49. The Labute approximate surface area is 151 Å². The Bertz CT molecular complexity index is 525. The Balaban J connectivity index is 0.00000264. The van der Waals surface area contributed by atoms with Gasteiger partial charge in [-0.3, -0.25) is 9.59 Å². The Kier molecular flexibility index (Phi) is 8.58. The van der Waals surface area contributed by atoms with Crippen LogP contribution >= 0.6 is 28.3 Å². The van der Waals surface area contributed by atoms with E-state index < -0.39 is 0 Å². The number of carbonyl (C=O) groups is 2. The molecule has 0 spiro atoms. The zero-order valence-electron chi connectivity index (χ0n) is 13.1. The zero-order chi connectivity index (χ0) is 15.9. The summed E-state index contributed by atoms with van der Waals surface area (Å²) in [4.78, 5) is 23.8. The SMILES string of the molecule is CC1CCNCC1NC(=O)CCNC(=O)c1ccc(Br)cc1.Cl. The summed E-state index contributed by atoms with van der Waals surface area (Å²) in [6.45, 7) is 4.32. The monoisotopic (exact) mass is 403 g/mol. The molecule has 1 aromatic rings. The smallest absolute Gasteiger partial charge is 0.251 e. The normalized spacial score (nSPS) is 20.3. The molecule has 7 heteroatoms. The number of rotatable bonds is 5. The maximum Gasteiger partial charge on any atom is 0.251 e. The van der Waals surface area contributed by atoms with Gasteiger partial charge in [0.05, 0.1) is 0 Å². The summed E-state index contributed by atoms with van der Waals surface area (Å²) in [6.07, 6.45) is 1.37. The molecule has 23 heavy (non-hydrogen) atoms. The van der Waals surface area contributed by atoms with Crippen LogP contribution < -0.4 is 16.0 Å². The van der Waals surface area contributed by atoms with Crippen LogP contribution in [0.25, 0.3) is 0 Å². The maximum atomic E-state index is 11.9. The van der Waals surface area contributed by atoms with Gasteiger partial charge in [0, 0.05) is 35.6 Å². The van der Waals surface area contributed by atoms with Gasteiger partial charge in [0.25, 0.3) is 5.91 Å². The molecule has 2 atom stereocenters. The minimum absolute atomic E-state index is 0. The van der Waals surface area contributed by atoms with Crippen LogP contribution in [0.3, 0.4) is 0 Å². The molecule has 5 nitrogen and oxygen atoms in total. The minimum atomic E-state index is -0.159. The Morgan fingerprint density at radius 3 is 2.65 bits per heavy atom. The lowest BCUT2D eigenvalue weighted by Gasteiger charge is -2.30. The molecule has 0 radical (unpaired) electrons. The van der Waals surface area contributed by atoms with Crippen molar-refractivity contribution >= 4 is 40.2 Å². The van der Waals surface area contributed by atoms with E-state index in [2.05, 4.69) is 38.8 Å². The van der Waals surface area contributed by atoms with Gasteiger partial charge in [0.2, 0.25) is 5.91 Å². The molecule has 1 heterocycles. The van der Waals surface area contributed by atoms with E-state index in [0.717, 1.165) is 24.0 Å². The Morgan fingerprint density at radius 1 is 1.30 bits per heavy atom. The fraction of sp³-hybridized carbons (Fsp3) is 0.500. The maximum absolute atomic E-state index is 11.9. The van der Waals surface area contributed by atoms with Crippen molar-refractivity contribution in [3.63, 3.8) is 0 Å². The predicted molar refractivity (Wildman–Crippen MR) is 96.9 cm³/mol. The summed E-state index contributed by atoms with van der Waals surface area (Å²) < 4.78 is 0.929. The average molecular weight is 405 g/mol.